The highest BCUT2D eigenvalue weighted by atomic mass is 19.4. The third kappa shape index (κ3) is 5.60. The molecule has 1 fully saturated rings. The number of aryl methyl sites for hydroxylation is 1. The molecule has 0 unspecified atom stereocenters. The molecule has 1 aliphatic heterocycles. The fourth-order valence-corrected chi connectivity index (χ4v) is 3.44. The van der Waals surface area contributed by atoms with E-state index in [0.717, 1.165) is 23.3 Å². The molecule has 160 valence electrons. The minimum absolute atomic E-state index is 0.0155. The molecule has 2 N–H and O–H groups in total. The maximum absolute atomic E-state index is 12.6. The molecular weight excluding hydrogens is 395 g/mol. The van der Waals surface area contributed by atoms with Gasteiger partial charge in [-0.2, -0.15) is 13.2 Å². The number of nitrogens with zero attached hydrogens (tertiary/aromatic N) is 1. The molecular formula is C22H24F3N3O2. The van der Waals surface area contributed by atoms with Gasteiger partial charge in [0.25, 0.3) is 0 Å². The van der Waals surface area contributed by atoms with Gasteiger partial charge in [-0.15, -0.1) is 0 Å². The molecule has 1 aliphatic rings. The van der Waals surface area contributed by atoms with E-state index < -0.39 is 17.8 Å². The highest BCUT2D eigenvalue weighted by Crippen LogP contribution is 2.29. The fourth-order valence-electron chi connectivity index (χ4n) is 3.44. The van der Waals surface area contributed by atoms with Crippen molar-refractivity contribution in [2.75, 3.05) is 13.1 Å². The van der Waals surface area contributed by atoms with Crippen LogP contribution in [0.25, 0.3) is 0 Å². The Hall–Kier alpha value is -2.87. The van der Waals surface area contributed by atoms with Crippen LogP contribution in [0.2, 0.25) is 0 Å². The van der Waals surface area contributed by atoms with Crippen molar-refractivity contribution in [1.82, 2.24) is 15.5 Å². The number of carbonyl (C=O) groups excluding carboxylic acids is 2. The Morgan fingerprint density at radius 2 is 1.87 bits per heavy atom. The van der Waals surface area contributed by atoms with Crippen LogP contribution in [0.1, 0.15) is 28.7 Å². The van der Waals surface area contributed by atoms with E-state index in [0.29, 0.717) is 25.2 Å². The molecule has 1 saturated heterocycles. The molecule has 2 amide bonds. The molecule has 0 spiro atoms. The van der Waals surface area contributed by atoms with E-state index in [4.69, 9.17) is 0 Å². The van der Waals surface area contributed by atoms with Crippen LogP contribution in [0.15, 0.2) is 48.5 Å². The van der Waals surface area contributed by atoms with Crippen LogP contribution in [0, 0.1) is 6.92 Å². The Bertz CT molecular complexity index is 897. The Labute approximate surface area is 173 Å². The van der Waals surface area contributed by atoms with Gasteiger partial charge in [0.15, 0.2) is 0 Å². The van der Waals surface area contributed by atoms with Crippen molar-refractivity contribution in [1.29, 1.82) is 0 Å². The zero-order valence-electron chi connectivity index (χ0n) is 16.6. The lowest BCUT2D eigenvalue weighted by Crippen LogP contribution is -2.56. The second-order valence-electron chi connectivity index (χ2n) is 7.38. The van der Waals surface area contributed by atoms with Gasteiger partial charge in [0.05, 0.1) is 18.0 Å². The van der Waals surface area contributed by atoms with Crippen molar-refractivity contribution >= 4 is 11.8 Å². The number of hydrogen-bond donors (Lipinski definition) is 2. The number of piperazine rings is 1. The first-order valence-corrected chi connectivity index (χ1v) is 9.73. The predicted molar refractivity (Wildman–Crippen MR) is 106 cm³/mol. The van der Waals surface area contributed by atoms with E-state index >= 15 is 0 Å². The largest absolute Gasteiger partial charge is 0.416 e. The molecule has 0 aromatic heterocycles. The second-order valence-corrected chi connectivity index (χ2v) is 7.38. The average Bonchev–Trinajstić information content (AvgIpc) is 2.70. The molecule has 0 saturated carbocycles. The number of alkyl halides is 3. The predicted octanol–water partition coefficient (Wildman–Crippen LogP) is 3.02. The summed E-state index contributed by atoms with van der Waals surface area (Å²) in [7, 11) is 0. The minimum atomic E-state index is -4.39. The Kier molecular flexibility index (Phi) is 6.77. The van der Waals surface area contributed by atoms with Gasteiger partial charge in [-0.3, -0.25) is 14.5 Å². The maximum Gasteiger partial charge on any atom is 0.416 e. The number of carbonyl (C=O) groups is 2. The number of halogens is 3. The van der Waals surface area contributed by atoms with Crippen molar-refractivity contribution in [3.8, 4) is 0 Å². The van der Waals surface area contributed by atoms with Crippen LogP contribution in [-0.2, 0) is 28.9 Å². The summed E-state index contributed by atoms with van der Waals surface area (Å²) in [5, 5.41) is 5.49. The molecule has 8 heteroatoms. The maximum atomic E-state index is 12.6. The van der Waals surface area contributed by atoms with Gasteiger partial charge >= 0.3 is 6.18 Å². The van der Waals surface area contributed by atoms with Gasteiger partial charge in [0.1, 0.15) is 0 Å². The summed E-state index contributed by atoms with van der Waals surface area (Å²) in [4.78, 5) is 26.8. The summed E-state index contributed by atoms with van der Waals surface area (Å²) in [6.45, 7) is 3.83. The second kappa shape index (κ2) is 9.30. The van der Waals surface area contributed by atoms with Crippen LogP contribution in [-0.4, -0.2) is 35.8 Å². The van der Waals surface area contributed by atoms with E-state index in [2.05, 4.69) is 10.6 Å². The van der Waals surface area contributed by atoms with E-state index in [9.17, 15) is 22.8 Å². The number of benzene rings is 2. The lowest BCUT2D eigenvalue weighted by atomic mass is 10.0. The Balaban J connectivity index is 1.59. The zero-order chi connectivity index (χ0) is 21.7. The summed E-state index contributed by atoms with van der Waals surface area (Å²) >= 11 is 0. The van der Waals surface area contributed by atoms with Crippen molar-refractivity contribution in [3.63, 3.8) is 0 Å². The van der Waals surface area contributed by atoms with Crippen LogP contribution in [0.4, 0.5) is 13.2 Å². The summed E-state index contributed by atoms with van der Waals surface area (Å²) < 4.78 is 37.9. The van der Waals surface area contributed by atoms with Gasteiger partial charge in [-0.05, 0) is 35.7 Å². The molecule has 2 aromatic carbocycles. The molecule has 0 radical (unpaired) electrons. The Morgan fingerprint density at radius 3 is 2.53 bits per heavy atom. The van der Waals surface area contributed by atoms with Gasteiger partial charge in [-0.1, -0.05) is 36.4 Å². The number of nitrogens with one attached hydrogen (secondary N) is 2. The lowest BCUT2D eigenvalue weighted by molar-refractivity contribution is -0.137. The first kappa shape index (κ1) is 21.8. The van der Waals surface area contributed by atoms with Crippen LogP contribution < -0.4 is 10.6 Å². The standard InChI is InChI=1S/C22H24F3N3O2/c1-15-4-2-3-5-17(15)14-28-11-10-26-21(30)19(28)12-20(29)27-13-16-6-8-18(9-7-16)22(23,24)25/h2-9,19H,10-14H2,1H3,(H,26,30)(H,27,29)/t19-/m1/s1. The van der Waals surface area contributed by atoms with Gasteiger partial charge in [-0.25, -0.2) is 0 Å². The summed E-state index contributed by atoms with van der Waals surface area (Å²) in [5.41, 5.74) is 2.04. The van der Waals surface area contributed by atoms with E-state index in [1.54, 1.807) is 0 Å². The molecule has 1 atom stereocenters. The first-order valence-electron chi connectivity index (χ1n) is 9.73. The average molecular weight is 419 g/mol. The number of hydrogen-bond acceptors (Lipinski definition) is 3. The molecule has 0 bridgehead atoms. The highest BCUT2D eigenvalue weighted by Gasteiger charge is 2.32. The SMILES string of the molecule is Cc1ccccc1CN1CCNC(=O)[C@H]1CC(=O)NCc1ccc(C(F)(F)F)cc1. The molecule has 2 aromatic rings. The summed E-state index contributed by atoms with van der Waals surface area (Å²) in [6.07, 6.45) is -4.41. The van der Waals surface area contributed by atoms with Gasteiger partial charge in [0, 0.05) is 26.2 Å². The summed E-state index contributed by atoms with van der Waals surface area (Å²) in [5.74, 6) is -0.522. The molecule has 5 nitrogen and oxygen atoms in total. The molecule has 30 heavy (non-hydrogen) atoms. The number of amides is 2. The number of rotatable bonds is 6. The normalized spacial score (nSPS) is 17.5. The quantitative estimate of drug-likeness (QED) is 0.757. The van der Waals surface area contributed by atoms with Crippen molar-refractivity contribution in [2.24, 2.45) is 0 Å². The van der Waals surface area contributed by atoms with Crippen LogP contribution in [0.3, 0.4) is 0 Å². The Morgan fingerprint density at radius 1 is 1.17 bits per heavy atom. The van der Waals surface area contributed by atoms with E-state index in [-0.39, 0.29) is 24.8 Å². The minimum Gasteiger partial charge on any atom is -0.353 e. The summed E-state index contributed by atoms with van der Waals surface area (Å²) in [6, 6.07) is 12.0. The zero-order valence-corrected chi connectivity index (χ0v) is 16.6. The van der Waals surface area contributed by atoms with Crippen LogP contribution in [0.5, 0.6) is 0 Å². The molecule has 0 aliphatic carbocycles. The fraction of sp³-hybridized carbons (Fsp3) is 0.364. The van der Waals surface area contributed by atoms with Gasteiger partial charge in [0.2, 0.25) is 11.8 Å². The first-order chi connectivity index (χ1) is 14.2. The van der Waals surface area contributed by atoms with E-state index in [1.165, 1.54) is 12.1 Å². The van der Waals surface area contributed by atoms with Crippen molar-refractivity contribution < 1.29 is 22.8 Å². The monoisotopic (exact) mass is 419 g/mol. The topological polar surface area (TPSA) is 61.4 Å². The smallest absolute Gasteiger partial charge is 0.353 e. The lowest BCUT2D eigenvalue weighted by Gasteiger charge is -2.35. The molecule has 1 heterocycles. The van der Waals surface area contributed by atoms with E-state index in [1.807, 2.05) is 36.1 Å². The van der Waals surface area contributed by atoms with Crippen molar-refractivity contribution in [2.45, 2.75) is 38.7 Å². The highest BCUT2D eigenvalue weighted by molar-refractivity contribution is 5.88. The molecule has 3 rings (SSSR count). The third-order valence-electron chi connectivity index (χ3n) is 5.23. The van der Waals surface area contributed by atoms with Crippen molar-refractivity contribution in [3.05, 3.63) is 70.8 Å². The van der Waals surface area contributed by atoms with Gasteiger partial charge < -0.3 is 10.6 Å². The third-order valence-corrected chi connectivity index (χ3v) is 5.23. The van der Waals surface area contributed by atoms with Crippen LogP contribution >= 0.6 is 0 Å².